The van der Waals surface area contributed by atoms with Crippen molar-refractivity contribution in [1.82, 2.24) is 15.1 Å². The van der Waals surface area contributed by atoms with Crippen molar-refractivity contribution >= 4 is 11.8 Å². The van der Waals surface area contributed by atoms with Crippen LogP contribution in [0.4, 0.5) is 0 Å². The number of nitrogens with zero attached hydrogens (tertiary/aromatic N) is 2. The van der Waals surface area contributed by atoms with Gasteiger partial charge in [0.2, 0.25) is 11.8 Å². The van der Waals surface area contributed by atoms with Crippen LogP contribution >= 0.6 is 0 Å². The van der Waals surface area contributed by atoms with Gasteiger partial charge in [0.05, 0.1) is 6.54 Å². The predicted molar refractivity (Wildman–Crippen MR) is 98.2 cm³/mol. The highest BCUT2D eigenvalue weighted by Crippen LogP contribution is 2.17. The normalized spacial score (nSPS) is 19.1. The Bertz CT molecular complexity index is 562. The average molecular weight is 343 g/mol. The Morgan fingerprint density at radius 3 is 2.36 bits per heavy atom. The highest BCUT2D eigenvalue weighted by atomic mass is 16.2. The monoisotopic (exact) mass is 343 g/mol. The molecule has 0 unspecified atom stereocenters. The number of hydrogen-bond donors (Lipinski definition) is 1. The first kappa shape index (κ1) is 17.9. The molecule has 0 bridgehead atoms. The minimum Gasteiger partial charge on any atom is -0.352 e. The van der Waals surface area contributed by atoms with Gasteiger partial charge in [-0.3, -0.25) is 14.5 Å². The second-order valence-corrected chi connectivity index (χ2v) is 7.19. The lowest BCUT2D eigenvalue weighted by Gasteiger charge is -2.34. The summed E-state index contributed by atoms with van der Waals surface area (Å²) >= 11 is 0. The van der Waals surface area contributed by atoms with E-state index in [2.05, 4.69) is 22.3 Å². The molecule has 2 aliphatic rings. The van der Waals surface area contributed by atoms with Gasteiger partial charge in [-0.25, -0.2) is 0 Å². The number of aryl methyl sites for hydroxylation is 1. The van der Waals surface area contributed by atoms with Crippen LogP contribution in [-0.2, 0) is 16.0 Å². The maximum atomic E-state index is 12.4. The molecular formula is C20H29N3O2. The maximum absolute atomic E-state index is 12.4. The minimum atomic E-state index is 0.135. The van der Waals surface area contributed by atoms with E-state index in [1.54, 1.807) is 0 Å². The van der Waals surface area contributed by atoms with E-state index in [4.69, 9.17) is 0 Å². The number of amides is 2. The molecule has 0 spiro atoms. The van der Waals surface area contributed by atoms with Crippen LogP contribution in [0.2, 0.25) is 0 Å². The zero-order chi connectivity index (χ0) is 17.5. The zero-order valence-electron chi connectivity index (χ0n) is 15.0. The highest BCUT2D eigenvalue weighted by molar-refractivity contribution is 5.78. The lowest BCUT2D eigenvalue weighted by molar-refractivity contribution is -0.133. The van der Waals surface area contributed by atoms with Crippen LogP contribution in [0, 0.1) is 0 Å². The molecule has 1 saturated carbocycles. The molecule has 136 valence electrons. The van der Waals surface area contributed by atoms with Gasteiger partial charge in [0.1, 0.15) is 0 Å². The topological polar surface area (TPSA) is 52.7 Å². The van der Waals surface area contributed by atoms with Gasteiger partial charge in [-0.15, -0.1) is 0 Å². The van der Waals surface area contributed by atoms with E-state index >= 15 is 0 Å². The summed E-state index contributed by atoms with van der Waals surface area (Å²) in [5, 5.41) is 3.14. The molecule has 0 radical (unpaired) electrons. The second kappa shape index (κ2) is 8.99. The molecule has 5 nitrogen and oxygen atoms in total. The molecule has 2 amide bonds. The van der Waals surface area contributed by atoms with Crippen molar-refractivity contribution in [3.05, 3.63) is 35.9 Å². The zero-order valence-corrected chi connectivity index (χ0v) is 15.0. The summed E-state index contributed by atoms with van der Waals surface area (Å²) in [5.74, 6) is 0.356. The third-order valence-corrected chi connectivity index (χ3v) is 5.28. The van der Waals surface area contributed by atoms with Crippen molar-refractivity contribution < 1.29 is 9.59 Å². The Morgan fingerprint density at radius 1 is 1.00 bits per heavy atom. The smallest absolute Gasteiger partial charge is 0.234 e. The Labute approximate surface area is 150 Å². The van der Waals surface area contributed by atoms with E-state index in [1.165, 1.54) is 18.4 Å². The van der Waals surface area contributed by atoms with Gasteiger partial charge in [-0.2, -0.15) is 0 Å². The third kappa shape index (κ3) is 5.56. The molecule has 1 saturated heterocycles. The van der Waals surface area contributed by atoms with E-state index in [0.717, 1.165) is 45.4 Å². The van der Waals surface area contributed by atoms with Gasteiger partial charge < -0.3 is 10.2 Å². The largest absolute Gasteiger partial charge is 0.352 e. The fraction of sp³-hybridized carbons (Fsp3) is 0.600. The summed E-state index contributed by atoms with van der Waals surface area (Å²) in [7, 11) is 0. The molecule has 5 heteroatoms. The molecule has 25 heavy (non-hydrogen) atoms. The van der Waals surface area contributed by atoms with Gasteiger partial charge in [-0.1, -0.05) is 43.2 Å². The number of carbonyl (C=O) groups is 2. The lowest BCUT2D eigenvalue weighted by Crippen LogP contribution is -2.51. The molecule has 1 N–H and O–H groups in total. The molecule has 1 aliphatic carbocycles. The van der Waals surface area contributed by atoms with E-state index in [0.29, 0.717) is 19.0 Å². The quantitative estimate of drug-likeness (QED) is 0.857. The predicted octanol–water partition coefficient (Wildman–Crippen LogP) is 1.82. The number of nitrogens with one attached hydrogen (secondary N) is 1. The molecule has 2 fully saturated rings. The van der Waals surface area contributed by atoms with E-state index in [1.807, 2.05) is 23.1 Å². The van der Waals surface area contributed by atoms with Crippen molar-refractivity contribution in [3.8, 4) is 0 Å². The maximum Gasteiger partial charge on any atom is 0.234 e. The standard InChI is InChI=1S/C20H29N3O2/c24-19(21-18-8-4-5-9-18)16-22-12-14-23(15-13-22)20(25)11-10-17-6-2-1-3-7-17/h1-3,6-7,18H,4-5,8-16H2,(H,21,24). The minimum absolute atomic E-state index is 0.135. The average Bonchev–Trinajstić information content (AvgIpc) is 3.14. The number of carbonyl (C=O) groups excluding carboxylic acids is 2. The third-order valence-electron chi connectivity index (χ3n) is 5.28. The summed E-state index contributed by atoms with van der Waals surface area (Å²) in [6.45, 7) is 3.49. The van der Waals surface area contributed by atoms with Crippen molar-refractivity contribution in [2.75, 3.05) is 32.7 Å². The SMILES string of the molecule is O=C(CN1CCN(C(=O)CCc2ccccc2)CC1)NC1CCCC1. The fourth-order valence-corrected chi connectivity index (χ4v) is 3.76. The van der Waals surface area contributed by atoms with Crippen LogP contribution in [0.3, 0.4) is 0 Å². The molecule has 1 heterocycles. The van der Waals surface area contributed by atoms with Crippen LogP contribution in [0.15, 0.2) is 30.3 Å². The van der Waals surface area contributed by atoms with Crippen LogP contribution in [0.25, 0.3) is 0 Å². The molecule has 1 aliphatic heterocycles. The Balaban J connectivity index is 1.34. The molecule has 1 aromatic rings. The molecule has 0 atom stereocenters. The molecule has 0 aromatic heterocycles. The number of hydrogen-bond acceptors (Lipinski definition) is 3. The van der Waals surface area contributed by atoms with Gasteiger partial charge in [0, 0.05) is 38.6 Å². The van der Waals surface area contributed by atoms with Gasteiger partial charge >= 0.3 is 0 Å². The van der Waals surface area contributed by atoms with Gasteiger partial charge in [0.15, 0.2) is 0 Å². The first-order chi connectivity index (χ1) is 12.2. The lowest BCUT2D eigenvalue weighted by atomic mass is 10.1. The van der Waals surface area contributed by atoms with E-state index < -0.39 is 0 Å². The summed E-state index contributed by atoms with van der Waals surface area (Å²) in [4.78, 5) is 28.6. The Kier molecular flexibility index (Phi) is 6.45. The van der Waals surface area contributed by atoms with Crippen molar-refractivity contribution in [3.63, 3.8) is 0 Å². The number of benzene rings is 1. The second-order valence-electron chi connectivity index (χ2n) is 7.19. The molecular weight excluding hydrogens is 314 g/mol. The van der Waals surface area contributed by atoms with Crippen LogP contribution in [0.1, 0.15) is 37.7 Å². The number of piperazine rings is 1. The summed E-state index contributed by atoms with van der Waals surface area (Å²) in [5.41, 5.74) is 1.21. The number of rotatable bonds is 6. The van der Waals surface area contributed by atoms with Crippen molar-refractivity contribution in [2.45, 2.75) is 44.6 Å². The Morgan fingerprint density at radius 2 is 1.68 bits per heavy atom. The fourth-order valence-electron chi connectivity index (χ4n) is 3.76. The summed E-state index contributed by atoms with van der Waals surface area (Å²) in [6.07, 6.45) is 6.06. The first-order valence-electron chi connectivity index (χ1n) is 9.54. The van der Waals surface area contributed by atoms with Crippen LogP contribution in [0.5, 0.6) is 0 Å². The van der Waals surface area contributed by atoms with Gasteiger partial charge in [-0.05, 0) is 24.8 Å². The van der Waals surface area contributed by atoms with Gasteiger partial charge in [0.25, 0.3) is 0 Å². The molecule has 1 aromatic carbocycles. The Hall–Kier alpha value is -1.88. The van der Waals surface area contributed by atoms with Crippen molar-refractivity contribution in [2.24, 2.45) is 0 Å². The first-order valence-corrected chi connectivity index (χ1v) is 9.54. The summed E-state index contributed by atoms with van der Waals surface area (Å²) in [6, 6.07) is 10.5. The molecule has 3 rings (SSSR count). The highest BCUT2D eigenvalue weighted by Gasteiger charge is 2.23. The van der Waals surface area contributed by atoms with E-state index in [9.17, 15) is 9.59 Å². The van der Waals surface area contributed by atoms with E-state index in [-0.39, 0.29) is 11.8 Å². The van der Waals surface area contributed by atoms with Crippen LogP contribution < -0.4 is 5.32 Å². The van der Waals surface area contributed by atoms with Crippen molar-refractivity contribution in [1.29, 1.82) is 0 Å². The van der Waals surface area contributed by atoms with Crippen LogP contribution in [-0.4, -0.2) is 60.4 Å². The summed E-state index contributed by atoms with van der Waals surface area (Å²) < 4.78 is 0.